The second kappa shape index (κ2) is 7.85. The van der Waals surface area contributed by atoms with Crippen molar-refractivity contribution in [3.8, 4) is 0 Å². The summed E-state index contributed by atoms with van der Waals surface area (Å²) in [6.07, 6.45) is 3.21. The summed E-state index contributed by atoms with van der Waals surface area (Å²) in [6.45, 7) is 1.35. The smallest absolute Gasteiger partial charge is 0.247 e. The number of carbonyl (C=O) groups excluding carboxylic acids is 2. The van der Waals surface area contributed by atoms with Gasteiger partial charge in [0.15, 0.2) is 9.84 Å². The fraction of sp³-hybridized carbons (Fsp3) is 0.200. The van der Waals surface area contributed by atoms with Crippen molar-refractivity contribution in [3.63, 3.8) is 0 Å². The third-order valence-corrected chi connectivity index (χ3v) is 5.43. The molecular weight excluding hydrogens is 378 g/mol. The van der Waals surface area contributed by atoms with Gasteiger partial charge in [0, 0.05) is 42.4 Å². The molecule has 0 saturated carbocycles. The van der Waals surface area contributed by atoms with Crippen molar-refractivity contribution in [1.29, 1.82) is 0 Å². The van der Waals surface area contributed by atoms with Crippen LogP contribution < -0.4 is 10.6 Å². The molecule has 0 bridgehead atoms. The summed E-state index contributed by atoms with van der Waals surface area (Å²) in [6, 6.07) is 12.9. The van der Waals surface area contributed by atoms with Crippen molar-refractivity contribution >= 4 is 38.2 Å². The highest BCUT2D eigenvalue weighted by atomic mass is 32.2. The van der Waals surface area contributed by atoms with E-state index in [0.29, 0.717) is 12.1 Å². The predicted molar refractivity (Wildman–Crippen MR) is 108 cm³/mol. The first-order valence-corrected chi connectivity index (χ1v) is 10.6. The fourth-order valence-corrected chi connectivity index (χ4v) is 3.68. The summed E-state index contributed by atoms with van der Waals surface area (Å²) in [4.78, 5) is 27.7. The molecule has 1 heterocycles. The number of sulfone groups is 1. The highest BCUT2D eigenvalue weighted by Crippen LogP contribution is 2.20. The highest BCUT2D eigenvalue weighted by molar-refractivity contribution is 7.90. The van der Waals surface area contributed by atoms with Crippen LogP contribution in [-0.2, 0) is 25.8 Å². The van der Waals surface area contributed by atoms with Crippen molar-refractivity contribution in [2.45, 2.75) is 24.3 Å². The maximum atomic E-state index is 12.8. The lowest BCUT2D eigenvalue weighted by molar-refractivity contribution is -0.125. The number of hydrogen-bond acceptors (Lipinski definition) is 4. The standard InChI is InChI=1S/C20H21N3O4S/c1-13(24)22-19(10-14-12-21-18-9-4-3-8-17(14)18)20(25)23-15-6-5-7-16(11-15)28(2,26)27/h3-9,11-12,19,21H,10H2,1-2H3,(H,22,24)(H,23,25)/t19-/m0/s1. The molecule has 3 rings (SSSR count). The first kappa shape index (κ1) is 19.6. The van der Waals surface area contributed by atoms with E-state index in [4.69, 9.17) is 0 Å². The lowest BCUT2D eigenvalue weighted by atomic mass is 10.0. The zero-order valence-corrected chi connectivity index (χ0v) is 16.3. The Bertz CT molecular complexity index is 1140. The van der Waals surface area contributed by atoms with Crippen LogP contribution in [0.5, 0.6) is 0 Å². The summed E-state index contributed by atoms with van der Waals surface area (Å²) in [5.74, 6) is -0.754. The normalized spacial score (nSPS) is 12.5. The molecule has 0 spiro atoms. The number of aromatic nitrogens is 1. The molecule has 2 amide bonds. The van der Waals surface area contributed by atoms with E-state index in [-0.39, 0.29) is 10.8 Å². The number of carbonyl (C=O) groups is 2. The Balaban J connectivity index is 1.83. The van der Waals surface area contributed by atoms with Gasteiger partial charge in [-0.3, -0.25) is 9.59 Å². The number of amides is 2. The van der Waals surface area contributed by atoms with Crippen LogP contribution in [0.25, 0.3) is 10.9 Å². The lowest BCUT2D eigenvalue weighted by Crippen LogP contribution is -2.44. The first-order chi connectivity index (χ1) is 13.2. The molecule has 0 aliphatic rings. The largest absolute Gasteiger partial charge is 0.361 e. The van der Waals surface area contributed by atoms with Crippen LogP contribution in [0.1, 0.15) is 12.5 Å². The molecule has 1 atom stereocenters. The third kappa shape index (κ3) is 4.58. The van der Waals surface area contributed by atoms with E-state index in [9.17, 15) is 18.0 Å². The lowest BCUT2D eigenvalue weighted by Gasteiger charge is -2.18. The minimum Gasteiger partial charge on any atom is -0.361 e. The molecule has 0 aliphatic heterocycles. The topological polar surface area (TPSA) is 108 Å². The SMILES string of the molecule is CC(=O)N[C@@H](Cc1c[nH]c2ccccc12)C(=O)Nc1cccc(S(C)(=O)=O)c1. The second-order valence-electron chi connectivity index (χ2n) is 6.61. The van der Waals surface area contributed by atoms with Gasteiger partial charge in [0.25, 0.3) is 0 Å². The van der Waals surface area contributed by atoms with Crippen molar-refractivity contribution in [1.82, 2.24) is 10.3 Å². The van der Waals surface area contributed by atoms with Crippen molar-refractivity contribution in [2.75, 3.05) is 11.6 Å². The first-order valence-electron chi connectivity index (χ1n) is 8.67. The Morgan fingerprint density at radius 3 is 2.57 bits per heavy atom. The number of H-pyrrole nitrogens is 1. The molecule has 0 saturated heterocycles. The average molecular weight is 399 g/mol. The Morgan fingerprint density at radius 2 is 1.86 bits per heavy atom. The third-order valence-electron chi connectivity index (χ3n) is 4.32. The molecule has 1 aromatic heterocycles. The zero-order chi connectivity index (χ0) is 20.3. The molecule has 0 aliphatic carbocycles. The number of fused-ring (bicyclic) bond motifs is 1. The predicted octanol–water partition coefficient (Wildman–Crippen LogP) is 2.26. The van der Waals surface area contributed by atoms with Crippen LogP contribution in [0, 0.1) is 0 Å². The van der Waals surface area contributed by atoms with Crippen LogP contribution in [0.15, 0.2) is 59.6 Å². The quantitative estimate of drug-likeness (QED) is 0.591. The van der Waals surface area contributed by atoms with Crippen LogP contribution in [0.2, 0.25) is 0 Å². The van der Waals surface area contributed by atoms with Crippen LogP contribution >= 0.6 is 0 Å². The van der Waals surface area contributed by atoms with Gasteiger partial charge in [0.05, 0.1) is 4.90 Å². The second-order valence-corrected chi connectivity index (χ2v) is 8.62. The summed E-state index contributed by atoms with van der Waals surface area (Å²) in [5, 5.41) is 6.33. The zero-order valence-electron chi connectivity index (χ0n) is 15.5. The van der Waals surface area contributed by atoms with Crippen molar-refractivity contribution in [2.24, 2.45) is 0 Å². The van der Waals surface area contributed by atoms with E-state index < -0.39 is 21.8 Å². The maximum absolute atomic E-state index is 12.8. The van der Waals surface area contributed by atoms with Gasteiger partial charge in [-0.15, -0.1) is 0 Å². The van der Waals surface area contributed by atoms with Gasteiger partial charge in [-0.05, 0) is 29.8 Å². The molecule has 0 fully saturated rings. The molecule has 3 N–H and O–H groups in total. The van der Waals surface area contributed by atoms with E-state index in [1.165, 1.54) is 19.1 Å². The van der Waals surface area contributed by atoms with Gasteiger partial charge in [0.2, 0.25) is 11.8 Å². The molecular formula is C20H21N3O4S. The minimum absolute atomic E-state index is 0.109. The van der Waals surface area contributed by atoms with E-state index >= 15 is 0 Å². The molecule has 0 unspecified atom stereocenters. The minimum atomic E-state index is -3.39. The Morgan fingerprint density at radius 1 is 1.11 bits per heavy atom. The van der Waals surface area contributed by atoms with Crippen molar-refractivity contribution < 1.29 is 18.0 Å². The van der Waals surface area contributed by atoms with E-state index in [0.717, 1.165) is 22.7 Å². The monoisotopic (exact) mass is 399 g/mol. The highest BCUT2D eigenvalue weighted by Gasteiger charge is 2.22. The number of para-hydroxylation sites is 1. The van der Waals surface area contributed by atoms with Crippen LogP contribution in [0.3, 0.4) is 0 Å². The molecule has 8 heteroatoms. The van der Waals surface area contributed by atoms with Gasteiger partial charge < -0.3 is 15.6 Å². The van der Waals surface area contributed by atoms with Gasteiger partial charge in [-0.1, -0.05) is 24.3 Å². The van der Waals surface area contributed by atoms with Gasteiger partial charge in [0.1, 0.15) is 6.04 Å². The van der Waals surface area contributed by atoms with E-state index in [1.54, 1.807) is 12.1 Å². The van der Waals surface area contributed by atoms with Gasteiger partial charge in [-0.2, -0.15) is 0 Å². The maximum Gasteiger partial charge on any atom is 0.247 e. The molecule has 3 aromatic rings. The summed E-state index contributed by atoms with van der Waals surface area (Å²) >= 11 is 0. The fourth-order valence-electron chi connectivity index (χ4n) is 3.01. The number of aromatic amines is 1. The summed E-state index contributed by atoms with van der Waals surface area (Å²) < 4.78 is 23.4. The van der Waals surface area contributed by atoms with Crippen LogP contribution in [-0.4, -0.2) is 37.5 Å². The van der Waals surface area contributed by atoms with E-state index in [1.807, 2.05) is 30.5 Å². The molecule has 28 heavy (non-hydrogen) atoms. The van der Waals surface area contributed by atoms with Crippen LogP contribution in [0.4, 0.5) is 5.69 Å². The number of benzene rings is 2. The van der Waals surface area contributed by atoms with E-state index in [2.05, 4.69) is 15.6 Å². The number of nitrogens with one attached hydrogen (secondary N) is 3. The molecule has 7 nitrogen and oxygen atoms in total. The Labute approximate surface area is 163 Å². The summed E-state index contributed by atoms with van der Waals surface area (Å²) in [7, 11) is -3.39. The molecule has 146 valence electrons. The number of hydrogen-bond donors (Lipinski definition) is 3. The van der Waals surface area contributed by atoms with Gasteiger partial charge in [-0.25, -0.2) is 8.42 Å². The Kier molecular flexibility index (Phi) is 5.51. The Hall–Kier alpha value is -3.13. The number of anilines is 1. The van der Waals surface area contributed by atoms with Gasteiger partial charge >= 0.3 is 0 Å². The van der Waals surface area contributed by atoms with Crippen molar-refractivity contribution in [3.05, 3.63) is 60.3 Å². The molecule has 2 aromatic carbocycles. The molecule has 0 radical (unpaired) electrons. The summed E-state index contributed by atoms with van der Waals surface area (Å²) in [5.41, 5.74) is 2.19. The number of rotatable bonds is 6. The average Bonchev–Trinajstić information content (AvgIpc) is 3.03.